The number of amides is 1. The van der Waals surface area contributed by atoms with Crippen LogP contribution < -0.4 is 5.32 Å². The van der Waals surface area contributed by atoms with Crippen LogP contribution in [0, 0.1) is 6.92 Å². The van der Waals surface area contributed by atoms with Crippen molar-refractivity contribution in [2.24, 2.45) is 0 Å². The first kappa shape index (κ1) is 13.4. The fraction of sp³-hybridized carbons (Fsp3) is 0.0625. The highest BCUT2D eigenvalue weighted by molar-refractivity contribution is 8.02. The molecule has 0 bridgehead atoms. The van der Waals surface area contributed by atoms with E-state index in [1.165, 1.54) is 5.56 Å². The number of para-hydroxylation sites is 1. The van der Waals surface area contributed by atoms with Crippen LogP contribution in [0.2, 0.25) is 0 Å². The van der Waals surface area contributed by atoms with Gasteiger partial charge in [-0.15, -0.1) is 0 Å². The molecule has 0 radical (unpaired) electrons. The summed E-state index contributed by atoms with van der Waals surface area (Å²) in [5.41, 5.74) is 2.01. The van der Waals surface area contributed by atoms with E-state index in [9.17, 15) is 4.79 Å². The van der Waals surface area contributed by atoms with Gasteiger partial charge in [0.15, 0.2) is 0 Å². The van der Waals surface area contributed by atoms with Gasteiger partial charge in [-0.3, -0.25) is 4.79 Å². The van der Waals surface area contributed by atoms with Gasteiger partial charge >= 0.3 is 0 Å². The molecule has 0 spiro atoms. The Morgan fingerprint density at radius 1 is 1.05 bits per heavy atom. The SMILES string of the molecule is Cc1ccccc1SC=CC(=O)Nc1ccccc1. The fourth-order valence-corrected chi connectivity index (χ4v) is 2.31. The minimum absolute atomic E-state index is 0.118. The molecule has 1 N–H and O–H groups in total. The maximum absolute atomic E-state index is 11.7. The second kappa shape index (κ2) is 6.81. The van der Waals surface area contributed by atoms with Crippen molar-refractivity contribution in [3.8, 4) is 0 Å². The van der Waals surface area contributed by atoms with Gasteiger partial charge in [0.2, 0.25) is 5.91 Å². The van der Waals surface area contributed by atoms with E-state index in [4.69, 9.17) is 0 Å². The molecular formula is C16H15NOS. The second-order valence-corrected chi connectivity index (χ2v) is 4.99. The Morgan fingerprint density at radius 3 is 2.47 bits per heavy atom. The molecule has 96 valence electrons. The van der Waals surface area contributed by atoms with E-state index < -0.39 is 0 Å². The summed E-state index contributed by atoms with van der Waals surface area (Å²) in [6, 6.07) is 17.5. The monoisotopic (exact) mass is 269 g/mol. The van der Waals surface area contributed by atoms with Crippen LogP contribution in [0.4, 0.5) is 5.69 Å². The van der Waals surface area contributed by atoms with E-state index in [0.717, 1.165) is 10.6 Å². The summed E-state index contributed by atoms with van der Waals surface area (Å²) in [4.78, 5) is 12.8. The molecule has 0 aliphatic carbocycles. The summed E-state index contributed by atoms with van der Waals surface area (Å²) < 4.78 is 0. The Kier molecular flexibility index (Phi) is 4.81. The normalized spacial score (nSPS) is 10.6. The van der Waals surface area contributed by atoms with Crippen molar-refractivity contribution >= 4 is 23.4 Å². The smallest absolute Gasteiger partial charge is 0.248 e. The van der Waals surface area contributed by atoms with Gasteiger partial charge in [-0.1, -0.05) is 48.2 Å². The maximum Gasteiger partial charge on any atom is 0.248 e. The first-order chi connectivity index (χ1) is 9.25. The lowest BCUT2D eigenvalue weighted by Crippen LogP contribution is -2.07. The van der Waals surface area contributed by atoms with E-state index in [2.05, 4.69) is 18.3 Å². The van der Waals surface area contributed by atoms with Crippen LogP contribution in [-0.4, -0.2) is 5.91 Å². The highest BCUT2D eigenvalue weighted by Gasteiger charge is 1.97. The van der Waals surface area contributed by atoms with E-state index in [0.29, 0.717) is 0 Å². The molecule has 2 aromatic carbocycles. The second-order valence-electron chi connectivity index (χ2n) is 4.04. The number of nitrogens with one attached hydrogen (secondary N) is 1. The van der Waals surface area contributed by atoms with Crippen LogP contribution in [0.25, 0.3) is 0 Å². The number of carbonyl (C=O) groups excluding carboxylic acids is 1. The highest BCUT2D eigenvalue weighted by Crippen LogP contribution is 2.22. The molecule has 2 rings (SSSR count). The summed E-state index contributed by atoms with van der Waals surface area (Å²) in [5.74, 6) is -0.118. The van der Waals surface area contributed by atoms with Gasteiger partial charge in [-0.2, -0.15) is 0 Å². The van der Waals surface area contributed by atoms with Crippen molar-refractivity contribution in [3.05, 3.63) is 71.6 Å². The predicted octanol–water partition coefficient (Wildman–Crippen LogP) is 4.24. The molecule has 0 saturated carbocycles. The highest BCUT2D eigenvalue weighted by atomic mass is 32.2. The van der Waals surface area contributed by atoms with Crippen molar-refractivity contribution < 1.29 is 4.79 Å². The first-order valence-corrected chi connectivity index (χ1v) is 6.88. The first-order valence-electron chi connectivity index (χ1n) is 6.00. The summed E-state index contributed by atoms with van der Waals surface area (Å²) in [7, 11) is 0. The third kappa shape index (κ3) is 4.30. The molecule has 0 atom stereocenters. The lowest BCUT2D eigenvalue weighted by atomic mass is 10.2. The molecule has 0 aliphatic rings. The van der Waals surface area contributed by atoms with Gasteiger partial charge in [0.25, 0.3) is 0 Å². The van der Waals surface area contributed by atoms with Crippen LogP contribution >= 0.6 is 11.8 Å². The third-order valence-electron chi connectivity index (χ3n) is 2.55. The Morgan fingerprint density at radius 2 is 1.74 bits per heavy atom. The van der Waals surface area contributed by atoms with Crippen molar-refractivity contribution in [1.82, 2.24) is 0 Å². The van der Waals surface area contributed by atoms with Gasteiger partial charge in [0.1, 0.15) is 0 Å². The molecular weight excluding hydrogens is 254 g/mol. The van der Waals surface area contributed by atoms with Gasteiger partial charge in [-0.05, 0) is 36.1 Å². The van der Waals surface area contributed by atoms with Crippen LogP contribution in [0.5, 0.6) is 0 Å². The zero-order valence-electron chi connectivity index (χ0n) is 10.7. The van der Waals surface area contributed by atoms with Crippen molar-refractivity contribution in [2.45, 2.75) is 11.8 Å². The third-order valence-corrected chi connectivity index (χ3v) is 3.53. The number of aryl methyl sites for hydroxylation is 1. The number of carbonyl (C=O) groups is 1. The number of hydrogen-bond donors (Lipinski definition) is 1. The molecule has 2 aromatic rings. The minimum atomic E-state index is -0.118. The molecule has 2 nitrogen and oxygen atoms in total. The van der Waals surface area contributed by atoms with E-state index >= 15 is 0 Å². The summed E-state index contributed by atoms with van der Waals surface area (Å²) >= 11 is 1.54. The minimum Gasteiger partial charge on any atom is -0.322 e. The standard InChI is InChI=1S/C16H15NOS/c1-13-7-5-6-10-15(13)19-12-11-16(18)17-14-8-3-2-4-9-14/h2-12H,1H3,(H,17,18). The summed E-state index contributed by atoms with van der Waals surface area (Å²) in [6.07, 6.45) is 1.55. The van der Waals surface area contributed by atoms with Crippen molar-refractivity contribution in [2.75, 3.05) is 5.32 Å². The lowest BCUT2D eigenvalue weighted by molar-refractivity contribution is -0.111. The molecule has 19 heavy (non-hydrogen) atoms. The van der Waals surface area contributed by atoms with Gasteiger partial charge in [-0.25, -0.2) is 0 Å². The average Bonchev–Trinajstić information content (AvgIpc) is 2.42. The molecule has 0 aliphatic heterocycles. The zero-order valence-corrected chi connectivity index (χ0v) is 11.5. The average molecular weight is 269 g/mol. The number of hydrogen-bond acceptors (Lipinski definition) is 2. The number of benzene rings is 2. The van der Waals surface area contributed by atoms with Gasteiger partial charge in [0, 0.05) is 16.7 Å². The molecule has 1 amide bonds. The largest absolute Gasteiger partial charge is 0.322 e. The summed E-state index contributed by atoms with van der Waals surface area (Å²) in [6.45, 7) is 2.06. The molecule has 0 heterocycles. The molecule has 0 aromatic heterocycles. The molecule has 0 fully saturated rings. The van der Waals surface area contributed by atoms with Crippen LogP contribution in [0.15, 0.2) is 71.0 Å². The Labute approximate surface area is 117 Å². The topological polar surface area (TPSA) is 29.1 Å². The Hall–Kier alpha value is -2.00. The molecule has 0 saturated heterocycles. The molecule has 0 unspecified atom stereocenters. The fourth-order valence-electron chi connectivity index (χ4n) is 1.56. The van der Waals surface area contributed by atoms with Crippen LogP contribution in [-0.2, 0) is 4.79 Å². The maximum atomic E-state index is 11.7. The number of thioether (sulfide) groups is 1. The van der Waals surface area contributed by atoms with Crippen molar-refractivity contribution in [3.63, 3.8) is 0 Å². The van der Waals surface area contributed by atoms with Gasteiger partial charge in [0.05, 0.1) is 0 Å². The number of rotatable bonds is 4. The Bertz CT molecular complexity index is 578. The van der Waals surface area contributed by atoms with Gasteiger partial charge < -0.3 is 5.32 Å². The number of anilines is 1. The van der Waals surface area contributed by atoms with Crippen molar-refractivity contribution in [1.29, 1.82) is 0 Å². The quantitative estimate of drug-likeness (QED) is 0.664. The van der Waals surface area contributed by atoms with Crippen LogP contribution in [0.1, 0.15) is 5.56 Å². The zero-order chi connectivity index (χ0) is 13.5. The summed E-state index contributed by atoms with van der Waals surface area (Å²) in [5, 5.41) is 4.61. The lowest BCUT2D eigenvalue weighted by Gasteiger charge is -2.02. The van der Waals surface area contributed by atoms with E-state index in [1.807, 2.05) is 48.5 Å². The van der Waals surface area contributed by atoms with Crippen LogP contribution in [0.3, 0.4) is 0 Å². The van der Waals surface area contributed by atoms with E-state index in [1.54, 1.807) is 23.2 Å². The molecule has 3 heteroatoms. The predicted molar refractivity (Wildman–Crippen MR) is 81.2 cm³/mol. The Balaban J connectivity index is 1.89. The van der Waals surface area contributed by atoms with E-state index in [-0.39, 0.29) is 5.91 Å².